The number of rotatable bonds is 61. The van der Waals surface area contributed by atoms with Crippen molar-refractivity contribution in [2.24, 2.45) is 0 Å². The normalized spacial score (nSPS) is 13.5. The van der Waals surface area contributed by atoms with Crippen molar-refractivity contribution in [1.82, 2.24) is 0 Å². The van der Waals surface area contributed by atoms with Crippen molar-refractivity contribution in [3.63, 3.8) is 0 Å². The lowest BCUT2D eigenvalue weighted by atomic mass is 10.0. The van der Waals surface area contributed by atoms with Crippen LogP contribution in [0, 0.1) is 0 Å². The van der Waals surface area contributed by atoms with E-state index in [9.17, 15) is 19.5 Å². The van der Waals surface area contributed by atoms with Crippen LogP contribution in [-0.4, -0.2) is 87.4 Å². The predicted molar refractivity (Wildman–Crippen MR) is 354 cm³/mol. The summed E-state index contributed by atoms with van der Waals surface area (Å²) in [7, 11) is 5.96. The van der Waals surface area contributed by atoms with E-state index in [0.29, 0.717) is 23.9 Å². The molecule has 0 fully saturated rings. The van der Waals surface area contributed by atoms with Crippen molar-refractivity contribution in [3.05, 3.63) is 122 Å². The van der Waals surface area contributed by atoms with E-state index in [1.54, 1.807) is 0 Å². The largest absolute Gasteiger partial charge is 0.477 e. The molecule has 9 heteroatoms. The summed E-state index contributed by atoms with van der Waals surface area (Å²) < 4.78 is 22.9. The Morgan fingerprint density at radius 2 is 0.651 bits per heavy atom. The fraction of sp³-hybridized carbons (Fsp3) is 0.689. The molecule has 0 bridgehead atoms. The van der Waals surface area contributed by atoms with Gasteiger partial charge in [0, 0.05) is 12.8 Å². The summed E-state index contributed by atoms with van der Waals surface area (Å²) in [5.74, 6) is -2.04. The minimum absolute atomic E-state index is 0.178. The predicted octanol–water partition coefficient (Wildman–Crippen LogP) is 20.8. The number of aliphatic carboxylic acids is 1. The Balaban J connectivity index is 4.12. The summed E-state index contributed by atoms with van der Waals surface area (Å²) in [5, 5.41) is 9.73. The molecule has 0 amide bonds. The number of esters is 2. The fourth-order valence-corrected chi connectivity index (χ4v) is 9.13. The van der Waals surface area contributed by atoms with Gasteiger partial charge >= 0.3 is 17.9 Å². The molecule has 1 N–H and O–H groups in total. The van der Waals surface area contributed by atoms with E-state index >= 15 is 0 Å². The van der Waals surface area contributed by atoms with Crippen molar-refractivity contribution < 1.29 is 42.9 Å². The Morgan fingerprint density at radius 1 is 0.361 bits per heavy atom. The van der Waals surface area contributed by atoms with Gasteiger partial charge in [0.05, 0.1) is 34.4 Å². The van der Waals surface area contributed by atoms with Gasteiger partial charge in [0.1, 0.15) is 13.2 Å². The second-order valence-corrected chi connectivity index (χ2v) is 23.4. The first-order chi connectivity index (χ1) is 40.6. The summed E-state index contributed by atoms with van der Waals surface area (Å²) in [6.45, 7) is 4.63. The first kappa shape index (κ1) is 78.7. The Bertz CT molecular complexity index is 1780. The number of nitrogens with zero attached hydrogens (tertiary/aromatic N) is 1. The van der Waals surface area contributed by atoms with Gasteiger partial charge in [0.25, 0.3) is 6.29 Å². The van der Waals surface area contributed by atoms with Gasteiger partial charge in [-0.1, -0.05) is 277 Å². The molecule has 474 valence electrons. The number of carbonyl (C=O) groups excluding carboxylic acids is 2. The molecular weight excluding hydrogens is 1030 g/mol. The van der Waals surface area contributed by atoms with E-state index in [0.717, 1.165) is 109 Å². The maximum Gasteiger partial charge on any atom is 0.361 e. The highest BCUT2D eigenvalue weighted by Crippen LogP contribution is 2.17. The molecule has 9 nitrogen and oxygen atoms in total. The van der Waals surface area contributed by atoms with Crippen LogP contribution in [0.1, 0.15) is 271 Å². The quantitative estimate of drug-likeness (QED) is 0.0211. The summed E-state index contributed by atoms with van der Waals surface area (Å²) in [6, 6.07) is 0. The molecule has 0 aromatic heterocycles. The zero-order valence-electron chi connectivity index (χ0n) is 54.1. The van der Waals surface area contributed by atoms with Crippen LogP contribution in [0.15, 0.2) is 122 Å². The Hall–Kier alpha value is -4.31. The standard InChI is InChI=1S/C74H125NO8/c1-6-8-10-12-14-16-18-20-22-24-26-28-30-31-32-33-34-35-36-37-38-39-40-41-43-44-46-48-50-52-54-56-58-60-62-64-71(76)81-68-70(69-82-74(73(78)79)80-67-66-75(3,4)5)83-72(77)65-63-61-59-57-55-53-51-49-47-45-42-29-27-25-23-21-19-17-15-13-11-9-7-2/h8-11,14-17,20-23,26-29,45,47,51,53,70,74H,6-7,12-13,18-19,24-25,30-44,46,48-50,52,54-69H2,1-5H3/p+1/b10-8-,11-9-,16-14-,17-15-,22-20-,23-21-,28-26-,29-27-,47-45-,53-51-. The van der Waals surface area contributed by atoms with Gasteiger partial charge in [-0.25, -0.2) is 4.79 Å². The molecular formula is C74H126NO8+. The van der Waals surface area contributed by atoms with Crippen LogP contribution < -0.4 is 0 Å². The number of unbranched alkanes of at least 4 members (excludes halogenated alkanes) is 26. The van der Waals surface area contributed by atoms with Crippen molar-refractivity contribution in [3.8, 4) is 0 Å². The molecule has 0 saturated carbocycles. The number of quaternary nitrogens is 1. The van der Waals surface area contributed by atoms with Crippen molar-refractivity contribution in [2.75, 3.05) is 47.5 Å². The molecule has 0 aliphatic heterocycles. The van der Waals surface area contributed by atoms with E-state index < -0.39 is 24.3 Å². The molecule has 0 aliphatic carbocycles. The van der Waals surface area contributed by atoms with Crippen LogP contribution >= 0.6 is 0 Å². The van der Waals surface area contributed by atoms with E-state index in [2.05, 4.69) is 135 Å². The van der Waals surface area contributed by atoms with Crippen LogP contribution in [0.3, 0.4) is 0 Å². The van der Waals surface area contributed by atoms with Crippen molar-refractivity contribution in [1.29, 1.82) is 0 Å². The molecule has 0 aliphatic rings. The maximum absolute atomic E-state index is 12.9. The van der Waals surface area contributed by atoms with Gasteiger partial charge in [-0.15, -0.1) is 0 Å². The first-order valence-corrected chi connectivity index (χ1v) is 33.7. The van der Waals surface area contributed by atoms with Crippen LogP contribution in [0.5, 0.6) is 0 Å². The number of allylic oxidation sites excluding steroid dienone is 20. The van der Waals surface area contributed by atoms with Crippen molar-refractivity contribution >= 4 is 17.9 Å². The number of ether oxygens (including phenoxy) is 4. The molecule has 0 heterocycles. The molecule has 0 rings (SSSR count). The second-order valence-electron chi connectivity index (χ2n) is 23.4. The highest BCUT2D eigenvalue weighted by molar-refractivity contribution is 5.71. The summed E-state index contributed by atoms with van der Waals surface area (Å²) >= 11 is 0. The summed E-state index contributed by atoms with van der Waals surface area (Å²) in [4.78, 5) is 37.6. The van der Waals surface area contributed by atoms with Gasteiger partial charge < -0.3 is 28.5 Å². The van der Waals surface area contributed by atoms with E-state index in [1.807, 2.05) is 21.1 Å². The Morgan fingerprint density at radius 3 is 0.964 bits per heavy atom. The highest BCUT2D eigenvalue weighted by Gasteiger charge is 2.25. The fourth-order valence-electron chi connectivity index (χ4n) is 9.13. The molecule has 0 saturated heterocycles. The van der Waals surface area contributed by atoms with Gasteiger partial charge in [0.15, 0.2) is 6.10 Å². The zero-order valence-corrected chi connectivity index (χ0v) is 54.1. The SMILES string of the molecule is CC/C=C\C/C=C\C/C=C\C/C=C\C/C=C\C/C=C\CCCCCCC(=O)OC(COC(=O)CCCCCCCCCCCCCCCCCCCCCCCC/C=C\C/C=C\C/C=C\C/C=C\CC)COC(OCC[N+](C)(C)C)C(=O)O. The maximum atomic E-state index is 12.9. The Labute approximate surface area is 510 Å². The third-order valence-corrected chi connectivity index (χ3v) is 14.2. The third kappa shape index (κ3) is 65.1. The lowest BCUT2D eigenvalue weighted by Crippen LogP contribution is -2.40. The molecule has 2 unspecified atom stereocenters. The average molecular weight is 1160 g/mol. The van der Waals surface area contributed by atoms with Crippen LogP contribution in [-0.2, 0) is 33.3 Å². The number of hydrogen-bond acceptors (Lipinski definition) is 7. The van der Waals surface area contributed by atoms with E-state index in [-0.39, 0.29) is 32.2 Å². The number of hydrogen-bond donors (Lipinski definition) is 1. The number of likely N-dealkylation sites (N-methyl/N-ethyl adjacent to an activating group) is 1. The lowest BCUT2D eigenvalue weighted by molar-refractivity contribution is -0.870. The second kappa shape index (κ2) is 63.7. The van der Waals surface area contributed by atoms with Gasteiger partial charge in [0.2, 0.25) is 0 Å². The zero-order chi connectivity index (χ0) is 60.5. The van der Waals surface area contributed by atoms with Crippen LogP contribution in [0.25, 0.3) is 0 Å². The molecule has 0 aromatic rings. The summed E-state index contributed by atoms with van der Waals surface area (Å²) in [6.07, 6.45) is 87.4. The first-order valence-electron chi connectivity index (χ1n) is 33.7. The minimum atomic E-state index is -1.52. The van der Waals surface area contributed by atoms with Crippen molar-refractivity contribution in [2.45, 2.75) is 283 Å². The lowest BCUT2D eigenvalue weighted by Gasteiger charge is -2.25. The van der Waals surface area contributed by atoms with Crippen LogP contribution in [0.2, 0.25) is 0 Å². The third-order valence-electron chi connectivity index (χ3n) is 14.2. The van der Waals surface area contributed by atoms with Gasteiger partial charge in [-0.05, 0) is 103 Å². The number of carboxylic acids is 1. The highest BCUT2D eigenvalue weighted by atomic mass is 16.7. The topological polar surface area (TPSA) is 108 Å². The Kier molecular flexibility index (Phi) is 60.4. The molecule has 0 spiro atoms. The van der Waals surface area contributed by atoms with E-state index in [4.69, 9.17) is 18.9 Å². The molecule has 83 heavy (non-hydrogen) atoms. The van der Waals surface area contributed by atoms with Crippen LogP contribution in [0.4, 0.5) is 0 Å². The van der Waals surface area contributed by atoms with Gasteiger partial charge in [-0.3, -0.25) is 9.59 Å². The van der Waals surface area contributed by atoms with Gasteiger partial charge in [-0.2, -0.15) is 0 Å². The molecule has 0 radical (unpaired) electrons. The molecule has 0 aromatic carbocycles. The average Bonchev–Trinajstić information content (AvgIpc) is 3.46. The number of carbonyl (C=O) groups is 3. The minimum Gasteiger partial charge on any atom is -0.477 e. The van der Waals surface area contributed by atoms with E-state index in [1.165, 1.54) is 128 Å². The summed E-state index contributed by atoms with van der Waals surface area (Å²) in [5.41, 5.74) is 0. The number of carboxylic acid groups (broad SMARTS) is 1. The monoisotopic (exact) mass is 1160 g/mol. The molecule has 2 atom stereocenters. The smallest absolute Gasteiger partial charge is 0.361 e.